The number of aryl methyl sites for hydroxylation is 1. The van der Waals surface area contributed by atoms with Crippen LogP contribution in [0.15, 0.2) is 71.6 Å². The number of amides is 1. The molecule has 1 atom stereocenters. The van der Waals surface area contributed by atoms with E-state index in [1.165, 1.54) is 30.0 Å². The standard InChI is InChI=1S/C27H29ClN2O5S2/c1-3-24(26(32)17-36-16-20-5-4-6-22(28)14-20)30-27(33)21-9-7-19(8-10-21)15-29-37(34,35)23-11-12-25(31)18(2)13-23/h4-14,24,29,31H,3,15-17H2,1-2H3,(H,30,33). The summed E-state index contributed by atoms with van der Waals surface area (Å²) in [6, 6.07) is 17.4. The van der Waals surface area contributed by atoms with Gasteiger partial charge in [-0.3, -0.25) is 9.59 Å². The molecule has 3 rings (SSSR count). The zero-order valence-corrected chi connectivity index (χ0v) is 22.9. The van der Waals surface area contributed by atoms with Crippen molar-refractivity contribution in [2.75, 3.05) is 5.75 Å². The summed E-state index contributed by atoms with van der Waals surface area (Å²) in [5, 5.41) is 13.1. The molecule has 3 N–H and O–H groups in total. The van der Waals surface area contributed by atoms with Crippen molar-refractivity contribution in [1.82, 2.24) is 10.0 Å². The van der Waals surface area contributed by atoms with Crippen molar-refractivity contribution in [3.05, 3.63) is 94.0 Å². The summed E-state index contributed by atoms with van der Waals surface area (Å²) in [4.78, 5) is 25.4. The molecule has 0 spiro atoms. The second kappa shape index (κ2) is 13.1. The van der Waals surface area contributed by atoms with Gasteiger partial charge >= 0.3 is 0 Å². The van der Waals surface area contributed by atoms with E-state index in [1.807, 2.05) is 25.1 Å². The molecule has 1 amide bonds. The van der Waals surface area contributed by atoms with Crippen molar-refractivity contribution in [3.63, 3.8) is 0 Å². The van der Waals surface area contributed by atoms with Crippen molar-refractivity contribution in [2.45, 2.75) is 43.5 Å². The summed E-state index contributed by atoms with van der Waals surface area (Å²) in [6.07, 6.45) is 0.471. The van der Waals surface area contributed by atoms with E-state index >= 15 is 0 Å². The highest BCUT2D eigenvalue weighted by Crippen LogP contribution is 2.20. The molecule has 196 valence electrons. The lowest BCUT2D eigenvalue weighted by Crippen LogP contribution is -2.41. The minimum absolute atomic E-state index is 0.0242. The number of Topliss-reactive ketones (excluding diaryl/α,β-unsaturated/α-hetero) is 1. The van der Waals surface area contributed by atoms with Crippen molar-refractivity contribution in [1.29, 1.82) is 0 Å². The Balaban J connectivity index is 1.52. The smallest absolute Gasteiger partial charge is 0.251 e. The summed E-state index contributed by atoms with van der Waals surface area (Å²) < 4.78 is 27.6. The van der Waals surface area contributed by atoms with Gasteiger partial charge in [0.1, 0.15) is 5.75 Å². The Kier molecular flexibility index (Phi) is 10.2. The van der Waals surface area contributed by atoms with E-state index in [0.717, 1.165) is 5.56 Å². The first-order valence-corrected chi connectivity index (χ1v) is 14.6. The van der Waals surface area contributed by atoms with Crippen LogP contribution in [0.1, 0.15) is 40.4 Å². The fraction of sp³-hybridized carbons (Fsp3) is 0.259. The first kappa shape index (κ1) is 28.7. The Labute approximate surface area is 226 Å². The molecule has 0 heterocycles. The van der Waals surface area contributed by atoms with Crippen LogP contribution in [0, 0.1) is 6.92 Å². The Morgan fingerprint density at radius 3 is 2.41 bits per heavy atom. The van der Waals surface area contributed by atoms with Gasteiger partial charge in [-0.25, -0.2) is 13.1 Å². The summed E-state index contributed by atoms with van der Waals surface area (Å²) in [7, 11) is -3.77. The van der Waals surface area contributed by atoms with Gasteiger partial charge in [0.05, 0.1) is 16.7 Å². The predicted octanol–water partition coefficient (Wildman–Crippen LogP) is 4.84. The number of sulfonamides is 1. The molecule has 0 aliphatic carbocycles. The maximum Gasteiger partial charge on any atom is 0.251 e. The van der Waals surface area contributed by atoms with Crippen molar-refractivity contribution < 1.29 is 23.1 Å². The van der Waals surface area contributed by atoms with Gasteiger partial charge < -0.3 is 10.4 Å². The van der Waals surface area contributed by atoms with Gasteiger partial charge in [0.25, 0.3) is 5.91 Å². The molecule has 37 heavy (non-hydrogen) atoms. The Morgan fingerprint density at radius 2 is 1.76 bits per heavy atom. The van der Waals surface area contributed by atoms with Crippen LogP contribution in [0.4, 0.5) is 0 Å². The third-order valence-corrected chi connectivity index (χ3v) is 8.33. The lowest BCUT2D eigenvalue weighted by molar-refractivity contribution is -0.118. The number of rotatable bonds is 12. The van der Waals surface area contributed by atoms with Crippen LogP contribution in [-0.2, 0) is 27.1 Å². The van der Waals surface area contributed by atoms with Crippen molar-refractivity contribution in [2.24, 2.45) is 0 Å². The number of halogens is 1. The number of nitrogens with one attached hydrogen (secondary N) is 2. The first-order chi connectivity index (χ1) is 17.6. The molecule has 0 aromatic heterocycles. The summed E-state index contributed by atoms with van der Waals surface area (Å²) in [6.45, 7) is 3.49. The molecule has 0 aliphatic heterocycles. The second-order valence-corrected chi connectivity index (χ2v) is 11.7. The number of benzene rings is 3. The lowest BCUT2D eigenvalue weighted by Gasteiger charge is -2.16. The fourth-order valence-electron chi connectivity index (χ4n) is 3.48. The van der Waals surface area contributed by atoms with Crippen LogP contribution in [0.25, 0.3) is 0 Å². The molecule has 0 fully saturated rings. The van der Waals surface area contributed by atoms with Crippen LogP contribution in [0.3, 0.4) is 0 Å². The number of carbonyl (C=O) groups excluding carboxylic acids is 2. The number of hydrogen-bond acceptors (Lipinski definition) is 6. The minimum atomic E-state index is -3.77. The average Bonchev–Trinajstić information content (AvgIpc) is 2.87. The van der Waals surface area contributed by atoms with Crippen LogP contribution in [0.5, 0.6) is 5.75 Å². The number of aromatic hydroxyl groups is 1. The highest BCUT2D eigenvalue weighted by Gasteiger charge is 2.20. The summed E-state index contributed by atoms with van der Waals surface area (Å²) in [5.74, 6) is 0.514. The molecule has 0 aliphatic rings. The molecule has 1 unspecified atom stereocenters. The Bertz CT molecular complexity index is 1360. The van der Waals surface area contributed by atoms with Gasteiger partial charge in [-0.05, 0) is 72.5 Å². The van der Waals surface area contributed by atoms with Crippen molar-refractivity contribution in [3.8, 4) is 5.75 Å². The van der Waals surface area contributed by atoms with E-state index in [-0.39, 0.29) is 34.6 Å². The Morgan fingerprint density at radius 1 is 1.03 bits per heavy atom. The first-order valence-electron chi connectivity index (χ1n) is 11.6. The number of thioether (sulfide) groups is 1. The zero-order valence-electron chi connectivity index (χ0n) is 20.5. The van der Waals surface area contributed by atoms with E-state index in [9.17, 15) is 23.1 Å². The monoisotopic (exact) mass is 560 g/mol. The van der Waals surface area contributed by atoms with E-state index in [0.29, 0.717) is 33.9 Å². The molecule has 7 nitrogen and oxygen atoms in total. The third-order valence-electron chi connectivity index (χ3n) is 5.67. The predicted molar refractivity (Wildman–Crippen MR) is 147 cm³/mol. The normalized spacial score (nSPS) is 12.2. The molecule has 0 saturated heterocycles. The number of ketones is 1. The fourth-order valence-corrected chi connectivity index (χ4v) is 5.71. The largest absolute Gasteiger partial charge is 0.508 e. The topological polar surface area (TPSA) is 113 Å². The van der Waals surface area contributed by atoms with Gasteiger partial charge in [0.2, 0.25) is 10.0 Å². The molecule has 0 radical (unpaired) electrons. The van der Waals surface area contributed by atoms with Gasteiger partial charge in [-0.2, -0.15) is 0 Å². The average molecular weight is 561 g/mol. The van der Waals surface area contributed by atoms with Gasteiger partial charge in [-0.1, -0.05) is 42.8 Å². The van der Waals surface area contributed by atoms with Gasteiger partial charge in [-0.15, -0.1) is 11.8 Å². The van der Waals surface area contributed by atoms with Crippen LogP contribution in [0.2, 0.25) is 5.02 Å². The van der Waals surface area contributed by atoms with E-state index in [1.54, 1.807) is 37.3 Å². The van der Waals surface area contributed by atoms with Crippen LogP contribution < -0.4 is 10.0 Å². The quantitative estimate of drug-likeness (QED) is 0.292. The second-order valence-electron chi connectivity index (χ2n) is 8.49. The maximum absolute atomic E-state index is 12.7. The summed E-state index contributed by atoms with van der Waals surface area (Å²) >= 11 is 7.47. The van der Waals surface area contributed by atoms with Crippen LogP contribution >= 0.6 is 23.4 Å². The van der Waals surface area contributed by atoms with E-state index < -0.39 is 16.1 Å². The molecule has 10 heteroatoms. The molecular weight excluding hydrogens is 532 g/mol. The molecule has 0 saturated carbocycles. The number of phenolic OH excluding ortho intramolecular Hbond substituents is 1. The number of carbonyl (C=O) groups is 2. The molecular formula is C27H29ClN2O5S2. The number of phenols is 1. The highest BCUT2D eigenvalue weighted by molar-refractivity contribution is 7.99. The minimum Gasteiger partial charge on any atom is -0.508 e. The molecule has 3 aromatic carbocycles. The SMILES string of the molecule is CCC(NC(=O)c1ccc(CNS(=O)(=O)c2ccc(O)c(C)c2)cc1)C(=O)CSCc1cccc(Cl)c1. The van der Waals surface area contributed by atoms with E-state index in [2.05, 4.69) is 10.0 Å². The summed E-state index contributed by atoms with van der Waals surface area (Å²) in [5.41, 5.74) is 2.53. The van der Waals surface area contributed by atoms with Gasteiger partial charge in [0.15, 0.2) is 5.78 Å². The Hall–Kier alpha value is -2.85. The van der Waals surface area contributed by atoms with Gasteiger partial charge in [0, 0.05) is 22.9 Å². The van der Waals surface area contributed by atoms with Crippen LogP contribution in [-0.4, -0.2) is 37.0 Å². The molecule has 0 bridgehead atoms. The zero-order chi connectivity index (χ0) is 27.0. The molecule has 3 aromatic rings. The highest BCUT2D eigenvalue weighted by atomic mass is 35.5. The lowest BCUT2D eigenvalue weighted by atomic mass is 10.1. The number of hydrogen-bond donors (Lipinski definition) is 3. The third kappa shape index (κ3) is 8.33. The van der Waals surface area contributed by atoms with Crippen molar-refractivity contribution >= 4 is 45.1 Å². The van der Waals surface area contributed by atoms with E-state index in [4.69, 9.17) is 11.6 Å². The maximum atomic E-state index is 12.7.